The molecule has 7 nitrogen and oxygen atoms in total. The molecule has 110 valence electrons. The smallest absolute Gasteiger partial charge is 0.240 e. The van der Waals surface area contributed by atoms with E-state index in [0.717, 1.165) is 57.0 Å². The Labute approximate surface area is 118 Å². The Kier molecular flexibility index (Phi) is 3.98. The van der Waals surface area contributed by atoms with Crippen LogP contribution >= 0.6 is 0 Å². The van der Waals surface area contributed by atoms with E-state index in [9.17, 15) is 4.79 Å². The molecule has 0 bridgehead atoms. The summed E-state index contributed by atoms with van der Waals surface area (Å²) in [5.41, 5.74) is 1.65. The van der Waals surface area contributed by atoms with Crippen molar-refractivity contribution in [2.24, 2.45) is 0 Å². The number of likely N-dealkylation sites (tertiary alicyclic amines) is 1. The molecule has 1 N–H and O–H groups in total. The van der Waals surface area contributed by atoms with Crippen molar-refractivity contribution in [2.75, 3.05) is 32.7 Å². The van der Waals surface area contributed by atoms with Crippen molar-refractivity contribution in [3.8, 4) is 0 Å². The molecule has 3 heterocycles. The Morgan fingerprint density at radius 1 is 1.35 bits per heavy atom. The van der Waals surface area contributed by atoms with Gasteiger partial charge in [-0.25, -0.2) is 4.63 Å². The minimum absolute atomic E-state index is 0.0100. The van der Waals surface area contributed by atoms with Crippen LogP contribution in [0.4, 0.5) is 0 Å². The standard InChI is InChI=1S/C13H21N5O2/c1-10-11(16-20-15-10)9-18-6-2-3-12(18)13(19)17-7-4-14-5-8-17/h12,14H,2-9H2,1H3. The molecule has 2 aliphatic heterocycles. The number of carbonyl (C=O) groups is 1. The predicted molar refractivity (Wildman–Crippen MR) is 71.9 cm³/mol. The normalized spacial score (nSPS) is 24.2. The molecule has 2 saturated heterocycles. The van der Waals surface area contributed by atoms with Gasteiger partial charge >= 0.3 is 0 Å². The lowest BCUT2D eigenvalue weighted by Gasteiger charge is -2.32. The van der Waals surface area contributed by atoms with E-state index in [1.165, 1.54) is 0 Å². The van der Waals surface area contributed by atoms with E-state index in [-0.39, 0.29) is 11.9 Å². The van der Waals surface area contributed by atoms with Crippen LogP contribution in [0.15, 0.2) is 4.63 Å². The van der Waals surface area contributed by atoms with Crippen molar-refractivity contribution in [3.05, 3.63) is 11.4 Å². The van der Waals surface area contributed by atoms with Gasteiger partial charge in [-0.15, -0.1) is 0 Å². The summed E-state index contributed by atoms with van der Waals surface area (Å²) in [6.45, 7) is 6.89. The van der Waals surface area contributed by atoms with Crippen molar-refractivity contribution < 1.29 is 9.42 Å². The molecule has 20 heavy (non-hydrogen) atoms. The number of aromatic nitrogens is 2. The van der Waals surface area contributed by atoms with Gasteiger partial charge in [-0.3, -0.25) is 9.69 Å². The highest BCUT2D eigenvalue weighted by atomic mass is 16.6. The first-order chi connectivity index (χ1) is 9.75. The number of hydrogen-bond acceptors (Lipinski definition) is 6. The van der Waals surface area contributed by atoms with E-state index in [4.69, 9.17) is 4.63 Å². The maximum absolute atomic E-state index is 12.6. The van der Waals surface area contributed by atoms with E-state index >= 15 is 0 Å². The number of hydrogen-bond donors (Lipinski definition) is 1. The highest BCUT2D eigenvalue weighted by molar-refractivity contribution is 5.82. The summed E-state index contributed by atoms with van der Waals surface area (Å²) in [6, 6.07) is -0.0100. The summed E-state index contributed by atoms with van der Waals surface area (Å²) in [7, 11) is 0. The fourth-order valence-corrected chi connectivity index (χ4v) is 2.98. The molecule has 1 aromatic heterocycles. The number of rotatable bonds is 3. The quantitative estimate of drug-likeness (QED) is 0.824. The highest BCUT2D eigenvalue weighted by Gasteiger charge is 2.34. The van der Waals surface area contributed by atoms with Crippen LogP contribution in [-0.4, -0.2) is 64.8 Å². The average Bonchev–Trinajstić information content (AvgIpc) is 3.09. The van der Waals surface area contributed by atoms with Crippen LogP contribution in [0.25, 0.3) is 0 Å². The largest absolute Gasteiger partial charge is 0.339 e. The van der Waals surface area contributed by atoms with Crippen LogP contribution in [0.1, 0.15) is 24.2 Å². The first-order valence-electron chi connectivity index (χ1n) is 7.27. The Morgan fingerprint density at radius 3 is 2.85 bits per heavy atom. The average molecular weight is 279 g/mol. The maximum atomic E-state index is 12.6. The molecule has 2 aliphatic rings. The molecule has 3 rings (SSSR count). The van der Waals surface area contributed by atoms with Crippen LogP contribution in [0, 0.1) is 6.92 Å². The molecular formula is C13H21N5O2. The number of nitrogens with one attached hydrogen (secondary N) is 1. The minimum Gasteiger partial charge on any atom is -0.339 e. The first kappa shape index (κ1) is 13.5. The van der Waals surface area contributed by atoms with Crippen molar-refractivity contribution in [1.82, 2.24) is 25.4 Å². The van der Waals surface area contributed by atoms with Crippen LogP contribution in [0.5, 0.6) is 0 Å². The molecule has 0 aromatic carbocycles. The van der Waals surface area contributed by atoms with Gasteiger partial charge in [0.15, 0.2) is 0 Å². The van der Waals surface area contributed by atoms with E-state index in [0.29, 0.717) is 6.54 Å². The van der Waals surface area contributed by atoms with Crippen molar-refractivity contribution >= 4 is 5.91 Å². The highest BCUT2D eigenvalue weighted by Crippen LogP contribution is 2.22. The molecule has 0 spiro atoms. The van der Waals surface area contributed by atoms with Gasteiger partial charge in [-0.2, -0.15) is 0 Å². The second kappa shape index (κ2) is 5.88. The molecule has 0 radical (unpaired) electrons. The Bertz CT molecular complexity index is 469. The zero-order chi connectivity index (χ0) is 13.9. The van der Waals surface area contributed by atoms with E-state index in [1.807, 2.05) is 11.8 Å². The van der Waals surface area contributed by atoms with Crippen LogP contribution in [0.2, 0.25) is 0 Å². The zero-order valence-electron chi connectivity index (χ0n) is 11.8. The SMILES string of the molecule is Cc1nonc1CN1CCCC1C(=O)N1CCNCC1. The molecule has 0 aliphatic carbocycles. The lowest BCUT2D eigenvalue weighted by atomic mass is 10.1. The first-order valence-corrected chi connectivity index (χ1v) is 7.27. The van der Waals surface area contributed by atoms with Crippen LogP contribution in [-0.2, 0) is 11.3 Å². The zero-order valence-corrected chi connectivity index (χ0v) is 11.8. The second-order valence-corrected chi connectivity index (χ2v) is 5.50. The van der Waals surface area contributed by atoms with Gasteiger partial charge in [0.05, 0.1) is 6.04 Å². The van der Waals surface area contributed by atoms with Crippen LogP contribution < -0.4 is 5.32 Å². The molecule has 1 atom stereocenters. The van der Waals surface area contributed by atoms with E-state index < -0.39 is 0 Å². The van der Waals surface area contributed by atoms with E-state index in [2.05, 4.69) is 20.5 Å². The molecule has 2 fully saturated rings. The monoisotopic (exact) mass is 279 g/mol. The van der Waals surface area contributed by atoms with Crippen molar-refractivity contribution in [2.45, 2.75) is 32.4 Å². The van der Waals surface area contributed by atoms with Crippen LogP contribution in [0.3, 0.4) is 0 Å². The minimum atomic E-state index is -0.0100. The number of aryl methyl sites for hydroxylation is 1. The van der Waals surface area contributed by atoms with Gasteiger partial charge in [-0.1, -0.05) is 10.3 Å². The predicted octanol–water partition coefficient (Wildman–Crippen LogP) is -0.226. The molecule has 1 amide bonds. The van der Waals surface area contributed by atoms with Gasteiger partial charge in [0.1, 0.15) is 11.4 Å². The van der Waals surface area contributed by atoms with Gasteiger partial charge < -0.3 is 10.2 Å². The summed E-state index contributed by atoms with van der Waals surface area (Å²) in [5, 5.41) is 11.0. The Hall–Kier alpha value is -1.47. The fraction of sp³-hybridized carbons (Fsp3) is 0.769. The summed E-state index contributed by atoms with van der Waals surface area (Å²) in [5.74, 6) is 0.262. The molecule has 0 saturated carbocycles. The van der Waals surface area contributed by atoms with Gasteiger partial charge in [0.2, 0.25) is 5.91 Å². The maximum Gasteiger partial charge on any atom is 0.240 e. The van der Waals surface area contributed by atoms with Gasteiger partial charge in [0.25, 0.3) is 0 Å². The number of amides is 1. The third kappa shape index (κ3) is 2.69. The number of carbonyl (C=O) groups excluding carboxylic acids is 1. The number of piperazine rings is 1. The third-order valence-electron chi connectivity index (χ3n) is 4.18. The lowest BCUT2D eigenvalue weighted by Crippen LogP contribution is -2.52. The molecule has 1 unspecified atom stereocenters. The third-order valence-corrected chi connectivity index (χ3v) is 4.18. The summed E-state index contributed by atoms with van der Waals surface area (Å²) in [4.78, 5) is 16.8. The Balaban J connectivity index is 1.65. The molecular weight excluding hydrogens is 258 g/mol. The number of nitrogens with zero attached hydrogens (tertiary/aromatic N) is 4. The topological polar surface area (TPSA) is 74.5 Å². The Morgan fingerprint density at radius 2 is 2.15 bits per heavy atom. The molecule has 1 aromatic rings. The van der Waals surface area contributed by atoms with Gasteiger partial charge in [-0.05, 0) is 26.3 Å². The summed E-state index contributed by atoms with van der Waals surface area (Å²) in [6.07, 6.45) is 2.00. The molecule has 7 heteroatoms. The lowest BCUT2D eigenvalue weighted by molar-refractivity contribution is -0.136. The summed E-state index contributed by atoms with van der Waals surface area (Å²) < 4.78 is 4.74. The second-order valence-electron chi connectivity index (χ2n) is 5.50. The summed E-state index contributed by atoms with van der Waals surface area (Å²) >= 11 is 0. The van der Waals surface area contributed by atoms with Crippen molar-refractivity contribution in [1.29, 1.82) is 0 Å². The fourth-order valence-electron chi connectivity index (χ4n) is 2.98. The van der Waals surface area contributed by atoms with Gasteiger partial charge in [0, 0.05) is 32.7 Å². The van der Waals surface area contributed by atoms with Crippen molar-refractivity contribution in [3.63, 3.8) is 0 Å². The van der Waals surface area contributed by atoms with E-state index in [1.54, 1.807) is 0 Å².